The van der Waals surface area contributed by atoms with Crippen LogP contribution in [0.4, 0.5) is 5.69 Å². The molecule has 0 saturated heterocycles. The highest BCUT2D eigenvalue weighted by Gasteiger charge is 2.14. The summed E-state index contributed by atoms with van der Waals surface area (Å²) in [6.07, 6.45) is 0.889. The number of nitrogens with one attached hydrogen (secondary N) is 2. The molecule has 22 heavy (non-hydrogen) atoms. The summed E-state index contributed by atoms with van der Waals surface area (Å²) >= 11 is 0. The van der Waals surface area contributed by atoms with E-state index >= 15 is 0 Å². The minimum atomic E-state index is -4.13. The second-order valence-electron chi connectivity index (χ2n) is 4.44. The summed E-state index contributed by atoms with van der Waals surface area (Å²) in [6, 6.07) is 4.98. The van der Waals surface area contributed by atoms with Gasteiger partial charge in [0.1, 0.15) is 0 Å². The molecule has 9 nitrogen and oxygen atoms in total. The third-order valence-electron chi connectivity index (χ3n) is 2.34. The van der Waals surface area contributed by atoms with Gasteiger partial charge in [0.05, 0.1) is 16.9 Å². The molecule has 1 rings (SSSR count). The SMILES string of the molecule is CS(=O)(=O)Nc1ccc(S(=O)(=O)NCCCS(=O)(=O)O)cc1. The van der Waals surface area contributed by atoms with Crippen molar-refractivity contribution in [3.05, 3.63) is 24.3 Å². The van der Waals surface area contributed by atoms with Crippen LogP contribution in [0.25, 0.3) is 0 Å². The van der Waals surface area contributed by atoms with Crippen molar-refractivity contribution in [2.45, 2.75) is 11.3 Å². The molecule has 0 amide bonds. The fourth-order valence-electron chi connectivity index (χ4n) is 1.46. The Hall–Kier alpha value is -1.21. The van der Waals surface area contributed by atoms with Gasteiger partial charge in [-0.25, -0.2) is 21.6 Å². The molecule has 0 atom stereocenters. The predicted molar refractivity (Wildman–Crippen MR) is 81.1 cm³/mol. The van der Waals surface area contributed by atoms with Gasteiger partial charge in [0.25, 0.3) is 10.1 Å². The number of benzene rings is 1. The fraction of sp³-hybridized carbons (Fsp3) is 0.400. The zero-order chi connectivity index (χ0) is 17.0. The molecule has 0 bridgehead atoms. The summed E-state index contributed by atoms with van der Waals surface area (Å²) in [7, 11) is -11.4. The van der Waals surface area contributed by atoms with Gasteiger partial charge in [0, 0.05) is 12.2 Å². The van der Waals surface area contributed by atoms with Crippen molar-refractivity contribution in [3.8, 4) is 0 Å². The van der Waals surface area contributed by atoms with E-state index in [0.717, 1.165) is 6.26 Å². The van der Waals surface area contributed by atoms with Crippen molar-refractivity contribution in [1.82, 2.24) is 4.72 Å². The first-order valence-electron chi connectivity index (χ1n) is 5.92. The smallest absolute Gasteiger partial charge is 0.264 e. The van der Waals surface area contributed by atoms with Gasteiger partial charge in [-0.3, -0.25) is 9.27 Å². The van der Waals surface area contributed by atoms with Gasteiger partial charge < -0.3 is 0 Å². The number of rotatable bonds is 8. The Kier molecular flexibility index (Phi) is 5.92. The van der Waals surface area contributed by atoms with E-state index in [2.05, 4.69) is 9.44 Å². The summed E-state index contributed by atoms with van der Waals surface area (Å²) in [6.45, 7) is -0.161. The highest BCUT2D eigenvalue weighted by atomic mass is 32.2. The fourth-order valence-corrected chi connectivity index (χ4v) is 3.61. The van der Waals surface area contributed by atoms with Crippen LogP contribution in [-0.4, -0.2) is 48.4 Å². The summed E-state index contributed by atoms with van der Waals surface area (Å²) in [5.74, 6) is -0.549. The van der Waals surface area contributed by atoms with Crippen LogP contribution >= 0.6 is 0 Å². The lowest BCUT2D eigenvalue weighted by atomic mass is 10.3. The van der Waals surface area contributed by atoms with Gasteiger partial charge in [-0.15, -0.1) is 0 Å². The van der Waals surface area contributed by atoms with Crippen molar-refractivity contribution in [2.75, 3.05) is 23.3 Å². The standard InChI is InChI=1S/C10H16N2O7S3/c1-20(13,14)12-9-3-5-10(6-4-9)22(18,19)11-7-2-8-21(15,16)17/h3-6,11-12H,2,7-8H2,1H3,(H,15,16,17). The molecule has 1 aromatic rings. The Morgan fingerprint density at radius 1 is 1.00 bits per heavy atom. The van der Waals surface area contributed by atoms with Crippen LogP contribution in [0, 0.1) is 0 Å². The largest absolute Gasteiger partial charge is 0.286 e. The third kappa shape index (κ3) is 7.17. The summed E-state index contributed by atoms with van der Waals surface area (Å²) in [5, 5.41) is 0. The van der Waals surface area contributed by atoms with Crippen LogP contribution in [0.3, 0.4) is 0 Å². The van der Waals surface area contributed by atoms with Crippen LogP contribution in [0.2, 0.25) is 0 Å². The molecule has 0 spiro atoms. The first-order valence-corrected chi connectivity index (χ1v) is 10.9. The van der Waals surface area contributed by atoms with E-state index in [0.29, 0.717) is 0 Å². The molecule has 1 aromatic carbocycles. The summed E-state index contributed by atoms with van der Waals surface area (Å²) in [5.41, 5.74) is 0.216. The monoisotopic (exact) mass is 372 g/mol. The highest BCUT2D eigenvalue weighted by molar-refractivity contribution is 7.92. The Morgan fingerprint density at radius 2 is 1.55 bits per heavy atom. The molecule has 0 aromatic heterocycles. The Balaban J connectivity index is 2.69. The first-order chi connectivity index (χ1) is 9.89. The molecule has 3 N–H and O–H groups in total. The number of hydrogen-bond donors (Lipinski definition) is 3. The molecule has 0 aliphatic heterocycles. The molecular weight excluding hydrogens is 356 g/mol. The number of anilines is 1. The quantitative estimate of drug-likeness (QED) is 0.416. The average molecular weight is 372 g/mol. The lowest BCUT2D eigenvalue weighted by molar-refractivity contribution is 0.480. The van der Waals surface area contributed by atoms with Gasteiger partial charge in [-0.1, -0.05) is 0 Å². The molecule has 126 valence electrons. The van der Waals surface area contributed by atoms with Crippen LogP contribution in [0.1, 0.15) is 6.42 Å². The second-order valence-corrected chi connectivity index (χ2v) is 9.52. The molecule has 0 saturated carbocycles. The summed E-state index contributed by atoms with van der Waals surface area (Å²) < 4.78 is 79.7. The summed E-state index contributed by atoms with van der Waals surface area (Å²) in [4.78, 5) is -0.0987. The van der Waals surface area contributed by atoms with Crippen molar-refractivity contribution < 1.29 is 29.8 Å². The normalized spacial score (nSPS) is 13.0. The van der Waals surface area contributed by atoms with E-state index in [1.54, 1.807) is 0 Å². The average Bonchev–Trinajstić information content (AvgIpc) is 2.32. The predicted octanol–water partition coefficient (Wildman–Crippen LogP) is -0.386. The van der Waals surface area contributed by atoms with Crippen molar-refractivity contribution in [1.29, 1.82) is 0 Å². The van der Waals surface area contributed by atoms with Gasteiger partial charge in [0.2, 0.25) is 20.0 Å². The molecule has 0 radical (unpaired) electrons. The van der Waals surface area contributed by atoms with Gasteiger partial charge in [-0.2, -0.15) is 8.42 Å². The van der Waals surface area contributed by atoms with Crippen molar-refractivity contribution in [2.24, 2.45) is 0 Å². The Bertz CT molecular complexity index is 812. The lowest BCUT2D eigenvalue weighted by Crippen LogP contribution is -2.26. The van der Waals surface area contributed by atoms with Gasteiger partial charge in [-0.05, 0) is 30.7 Å². The van der Waals surface area contributed by atoms with E-state index in [9.17, 15) is 25.3 Å². The van der Waals surface area contributed by atoms with E-state index in [1.807, 2.05) is 0 Å². The zero-order valence-electron chi connectivity index (χ0n) is 11.6. The molecular formula is C10H16N2O7S3. The molecule has 0 unspecified atom stereocenters. The molecule has 12 heteroatoms. The second kappa shape index (κ2) is 6.91. The lowest BCUT2D eigenvalue weighted by Gasteiger charge is -2.08. The molecule has 0 heterocycles. The van der Waals surface area contributed by atoms with E-state index < -0.39 is 35.9 Å². The van der Waals surface area contributed by atoms with Crippen LogP contribution in [0.15, 0.2) is 29.2 Å². The zero-order valence-corrected chi connectivity index (χ0v) is 14.0. The Labute approximate surface area is 129 Å². The van der Waals surface area contributed by atoms with E-state index in [1.165, 1.54) is 24.3 Å². The first kappa shape index (κ1) is 18.8. The number of hydrogen-bond acceptors (Lipinski definition) is 6. The van der Waals surface area contributed by atoms with E-state index in [4.69, 9.17) is 4.55 Å². The minimum absolute atomic E-state index is 0.0776. The minimum Gasteiger partial charge on any atom is -0.286 e. The van der Waals surface area contributed by atoms with Crippen LogP contribution < -0.4 is 9.44 Å². The topological polar surface area (TPSA) is 147 Å². The maximum atomic E-state index is 11.9. The van der Waals surface area contributed by atoms with Crippen LogP contribution in [-0.2, 0) is 30.2 Å². The maximum absolute atomic E-state index is 11.9. The maximum Gasteiger partial charge on any atom is 0.264 e. The molecule has 0 aliphatic carbocycles. The van der Waals surface area contributed by atoms with Crippen molar-refractivity contribution >= 4 is 35.9 Å². The Morgan fingerprint density at radius 3 is 2.00 bits per heavy atom. The molecule has 0 fully saturated rings. The molecule has 0 aliphatic rings. The highest BCUT2D eigenvalue weighted by Crippen LogP contribution is 2.14. The number of sulfonamides is 2. The van der Waals surface area contributed by atoms with Gasteiger partial charge in [0.15, 0.2) is 0 Å². The third-order valence-corrected chi connectivity index (χ3v) is 5.23. The van der Waals surface area contributed by atoms with Gasteiger partial charge >= 0.3 is 0 Å². The van der Waals surface area contributed by atoms with Crippen LogP contribution in [0.5, 0.6) is 0 Å². The van der Waals surface area contributed by atoms with Crippen molar-refractivity contribution in [3.63, 3.8) is 0 Å². The van der Waals surface area contributed by atoms with E-state index in [-0.39, 0.29) is 23.5 Å².